The summed E-state index contributed by atoms with van der Waals surface area (Å²) in [6.45, 7) is 3.97. The van der Waals surface area contributed by atoms with Gasteiger partial charge in [0.1, 0.15) is 11.6 Å². The molecule has 0 aliphatic rings. The first kappa shape index (κ1) is 19.2. The molecule has 140 valence electrons. The third-order valence-corrected chi connectivity index (χ3v) is 4.71. The van der Waals surface area contributed by atoms with E-state index in [9.17, 15) is 9.59 Å². The highest BCUT2D eigenvalue weighted by Gasteiger charge is 2.12. The molecule has 2 aromatic heterocycles. The molecule has 1 amide bonds. The van der Waals surface area contributed by atoms with Crippen LogP contribution in [0.2, 0.25) is 5.02 Å². The van der Waals surface area contributed by atoms with E-state index >= 15 is 0 Å². The molecule has 0 radical (unpaired) electrons. The quantitative estimate of drug-likeness (QED) is 0.682. The lowest BCUT2D eigenvalue weighted by atomic mass is 10.1. The number of hydrogen-bond acceptors (Lipinski definition) is 6. The third-order valence-electron chi connectivity index (χ3n) is 3.60. The maximum Gasteiger partial charge on any atom is 0.267 e. The maximum atomic E-state index is 12.3. The van der Waals surface area contributed by atoms with E-state index in [1.807, 2.05) is 0 Å². The summed E-state index contributed by atoms with van der Waals surface area (Å²) < 4.78 is 1.12. The maximum absolute atomic E-state index is 12.3. The van der Waals surface area contributed by atoms with Gasteiger partial charge in [-0.2, -0.15) is 5.10 Å². The molecule has 0 aliphatic carbocycles. The molecule has 0 saturated heterocycles. The van der Waals surface area contributed by atoms with Crippen molar-refractivity contribution in [1.29, 1.82) is 0 Å². The van der Waals surface area contributed by atoms with Crippen molar-refractivity contribution >= 4 is 34.0 Å². The van der Waals surface area contributed by atoms with Crippen molar-refractivity contribution in [2.45, 2.75) is 26.8 Å². The lowest BCUT2D eigenvalue weighted by molar-refractivity contribution is -0.117. The second-order valence-electron chi connectivity index (χ2n) is 6.37. The number of benzene rings is 1. The van der Waals surface area contributed by atoms with Crippen LogP contribution >= 0.6 is 22.9 Å². The zero-order chi connectivity index (χ0) is 19.4. The van der Waals surface area contributed by atoms with Crippen LogP contribution in [0.25, 0.3) is 11.3 Å². The van der Waals surface area contributed by atoms with Gasteiger partial charge in [-0.1, -0.05) is 48.9 Å². The van der Waals surface area contributed by atoms with Gasteiger partial charge in [-0.15, -0.1) is 10.2 Å². The fourth-order valence-electron chi connectivity index (χ4n) is 2.37. The number of amides is 1. The summed E-state index contributed by atoms with van der Waals surface area (Å²) in [7, 11) is 0. The smallest absolute Gasteiger partial charge is 0.267 e. The van der Waals surface area contributed by atoms with Crippen molar-refractivity contribution in [3.8, 4) is 11.3 Å². The Morgan fingerprint density at radius 1 is 1.19 bits per heavy atom. The summed E-state index contributed by atoms with van der Waals surface area (Å²) in [6.07, 6.45) is 0.803. The van der Waals surface area contributed by atoms with Gasteiger partial charge in [-0.05, 0) is 24.1 Å². The molecule has 9 heteroatoms. The highest BCUT2D eigenvalue weighted by molar-refractivity contribution is 7.15. The molecule has 0 bridgehead atoms. The van der Waals surface area contributed by atoms with E-state index in [1.54, 1.807) is 30.3 Å². The molecular weight excluding hydrogens is 386 g/mol. The minimum Gasteiger partial charge on any atom is -0.299 e. The summed E-state index contributed by atoms with van der Waals surface area (Å²) >= 11 is 7.22. The predicted molar refractivity (Wildman–Crippen MR) is 106 cm³/mol. The number of halogens is 1. The summed E-state index contributed by atoms with van der Waals surface area (Å²) in [5.74, 6) is 0.0741. The fourth-order valence-corrected chi connectivity index (χ4v) is 3.46. The van der Waals surface area contributed by atoms with Gasteiger partial charge in [0.2, 0.25) is 11.0 Å². The molecule has 2 heterocycles. The number of nitrogens with one attached hydrogen (secondary N) is 1. The molecular formula is C18H18ClN5O2S. The first-order valence-corrected chi connectivity index (χ1v) is 9.56. The normalized spacial score (nSPS) is 11.0. The van der Waals surface area contributed by atoms with E-state index in [4.69, 9.17) is 11.6 Å². The average molecular weight is 404 g/mol. The van der Waals surface area contributed by atoms with E-state index in [1.165, 1.54) is 17.4 Å². The van der Waals surface area contributed by atoms with Crippen molar-refractivity contribution in [2.75, 3.05) is 5.32 Å². The molecule has 0 atom stereocenters. The number of carbonyl (C=O) groups is 1. The number of nitrogens with zero attached hydrogens (tertiary/aromatic N) is 4. The summed E-state index contributed by atoms with van der Waals surface area (Å²) in [5, 5.41) is 16.8. The molecule has 1 N–H and O–H groups in total. The van der Waals surface area contributed by atoms with Gasteiger partial charge in [-0.25, -0.2) is 4.68 Å². The van der Waals surface area contributed by atoms with E-state index in [0.717, 1.165) is 21.7 Å². The van der Waals surface area contributed by atoms with Crippen LogP contribution in [0.15, 0.2) is 41.2 Å². The van der Waals surface area contributed by atoms with Crippen LogP contribution in [0.3, 0.4) is 0 Å². The Hall–Kier alpha value is -2.58. The van der Waals surface area contributed by atoms with Crippen molar-refractivity contribution in [1.82, 2.24) is 20.0 Å². The molecule has 0 spiro atoms. The molecule has 0 fully saturated rings. The van der Waals surface area contributed by atoms with E-state index < -0.39 is 0 Å². The Bertz CT molecular complexity index is 997. The number of anilines is 1. The van der Waals surface area contributed by atoms with Gasteiger partial charge < -0.3 is 0 Å². The van der Waals surface area contributed by atoms with Crippen LogP contribution in [0.1, 0.15) is 18.9 Å². The van der Waals surface area contributed by atoms with Crippen LogP contribution in [0.5, 0.6) is 0 Å². The zero-order valence-corrected chi connectivity index (χ0v) is 16.4. The number of aromatic nitrogens is 4. The van der Waals surface area contributed by atoms with Gasteiger partial charge in [-0.3, -0.25) is 14.9 Å². The number of hydrogen-bond donors (Lipinski definition) is 1. The predicted octanol–water partition coefficient (Wildman–Crippen LogP) is 3.25. The van der Waals surface area contributed by atoms with Crippen molar-refractivity contribution in [3.63, 3.8) is 0 Å². The fraction of sp³-hybridized carbons (Fsp3) is 0.278. The Morgan fingerprint density at radius 3 is 2.63 bits per heavy atom. The lowest BCUT2D eigenvalue weighted by Crippen LogP contribution is -2.29. The average Bonchev–Trinajstić information content (AvgIpc) is 3.03. The van der Waals surface area contributed by atoms with Crippen molar-refractivity contribution in [2.24, 2.45) is 5.92 Å². The molecule has 7 nitrogen and oxygen atoms in total. The topological polar surface area (TPSA) is 89.8 Å². The van der Waals surface area contributed by atoms with Crippen LogP contribution in [0.4, 0.5) is 5.13 Å². The number of carbonyl (C=O) groups excluding carboxylic acids is 1. The summed E-state index contributed by atoms with van der Waals surface area (Å²) in [4.78, 5) is 24.3. The molecule has 27 heavy (non-hydrogen) atoms. The van der Waals surface area contributed by atoms with Gasteiger partial charge in [0, 0.05) is 23.1 Å². The first-order chi connectivity index (χ1) is 12.9. The largest absolute Gasteiger partial charge is 0.299 e. The standard InChI is InChI=1S/C18H18ClN5O2S/c1-11(2)9-16-21-22-18(27-16)20-15(25)10-24-17(26)8-7-14(23-24)12-3-5-13(19)6-4-12/h3-8,11H,9-10H2,1-2H3,(H,20,22,25). The van der Waals surface area contributed by atoms with Gasteiger partial charge in [0.15, 0.2) is 0 Å². The minimum absolute atomic E-state index is 0.209. The lowest BCUT2D eigenvalue weighted by Gasteiger charge is -2.07. The molecule has 3 aromatic rings. The highest BCUT2D eigenvalue weighted by Crippen LogP contribution is 2.19. The SMILES string of the molecule is CC(C)Cc1nnc(NC(=O)Cn2nc(-c3ccc(Cl)cc3)ccc2=O)s1. The molecule has 0 unspecified atom stereocenters. The van der Waals surface area contributed by atoms with Crippen molar-refractivity contribution < 1.29 is 4.79 Å². The van der Waals surface area contributed by atoms with Crippen molar-refractivity contribution in [3.05, 3.63) is 56.8 Å². The number of rotatable bonds is 6. The zero-order valence-electron chi connectivity index (χ0n) is 14.8. The molecule has 0 saturated carbocycles. The molecule has 0 aliphatic heterocycles. The van der Waals surface area contributed by atoms with Gasteiger partial charge in [0.05, 0.1) is 5.69 Å². The van der Waals surface area contributed by atoms with Crippen LogP contribution in [-0.2, 0) is 17.8 Å². The highest BCUT2D eigenvalue weighted by atomic mass is 35.5. The Labute approximate surface area is 165 Å². The van der Waals surface area contributed by atoms with Crippen LogP contribution < -0.4 is 10.9 Å². The third kappa shape index (κ3) is 5.21. The second kappa shape index (κ2) is 8.41. The molecule has 1 aromatic carbocycles. The van der Waals surface area contributed by atoms with Crippen LogP contribution in [0, 0.1) is 5.92 Å². The van der Waals surface area contributed by atoms with E-state index in [2.05, 4.69) is 34.5 Å². The first-order valence-electron chi connectivity index (χ1n) is 8.37. The Morgan fingerprint density at radius 2 is 1.93 bits per heavy atom. The summed E-state index contributed by atoms with van der Waals surface area (Å²) in [5.41, 5.74) is 1.02. The van der Waals surface area contributed by atoms with E-state index in [-0.39, 0.29) is 18.0 Å². The second-order valence-corrected chi connectivity index (χ2v) is 7.87. The molecule has 3 rings (SSSR count). The summed E-state index contributed by atoms with van der Waals surface area (Å²) in [6, 6.07) is 10.1. The minimum atomic E-state index is -0.384. The Kier molecular flexibility index (Phi) is 5.98. The Balaban J connectivity index is 1.72. The van der Waals surface area contributed by atoms with Crippen LogP contribution in [-0.4, -0.2) is 25.9 Å². The van der Waals surface area contributed by atoms with Gasteiger partial charge in [0.25, 0.3) is 5.56 Å². The monoisotopic (exact) mass is 403 g/mol. The van der Waals surface area contributed by atoms with Gasteiger partial charge >= 0.3 is 0 Å². The van der Waals surface area contributed by atoms with E-state index in [0.29, 0.717) is 21.8 Å².